The van der Waals surface area contributed by atoms with E-state index in [-0.39, 0.29) is 0 Å². The Morgan fingerprint density at radius 1 is 0.917 bits per heavy atom. The zero-order valence-corrected chi connectivity index (χ0v) is 15.1. The van der Waals surface area contributed by atoms with Gasteiger partial charge < -0.3 is 4.90 Å². The van der Waals surface area contributed by atoms with Gasteiger partial charge in [-0.1, -0.05) is 49.7 Å². The van der Waals surface area contributed by atoms with Crippen molar-refractivity contribution in [2.45, 2.75) is 19.8 Å². The zero-order valence-electron chi connectivity index (χ0n) is 14.3. The predicted octanol–water partition coefficient (Wildman–Crippen LogP) is 4.62. The summed E-state index contributed by atoms with van der Waals surface area (Å²) in [4.78, 5) is 2.37. The first-order valence-corrected chi connectivity index (χ1v) is 8.89. The Kier molecular flexibility index (Phi) is 5.41. The number of nitrogens with zero attached hydrogens (tertiary/aromatic N) is 3. The molecule has 0 aromatic heterocycles. The van der Waals surface area contributed by atoms with Crippen molar-refractivity contribution in [1.82, 2.24) is 5.01 Å². The van der Waals surface area contributed by atoms with Gasteiger partial charge in [0.2, 0.25) is 0 Å². The number of hydrogen-bond acceptors (Lipinski definition) is 3. The number of hydrogen-bond donors (Lipinski definition) is 0. The van der Waals surface area contributed by atoms with Crippen LogP contribution >= 0.6 is 11.6 Å². The smallest absolute Gasteiger partial charge is 0.0542 e. The van der Waals surface area contributed by atoms with E-state index in [2.05, 4.69) is 65.3 Å². The maximum Gasteiger partial charge on any atom is 0.0542 e. The first-order chi connectivity index (χ1) is 11.6. The third-order valence-corrected chi connectivity index (χ3v) is 4.67. The van der Waals surface area contributed by atoms with Crippen molar-refractivity contribution in [1.29, 1.82) is 0 Å². The molecule has 0 unspecified atom stereocenters. The van der Waals surface area contributed by atoms with Crippen LogP contribution < -0.4 is 4.90 Å². The van der Waals surface area contributed by atoms with Gasteiger partial charge in [-0.05, 0) is 41.3 Å². The summed E-state index contributed by atoms with van der Waals surface area (Å²) in [7, 11) is 0. The summed E-state index contributed by atoms with van der Waals surface area (Å²) in [6, 6.07) is 16.7. The average molecular weight is 342 g/mol. The number of anilines is 1. The minimum atomic E-state index is 0.567. The number of hydrazone groups is 1. The van der Waals surface area contributed by atoms with Gasteiger partial charge in [0.15, 0.2) is 0 Å². The van der Waals surface area contributed by atoms with Crippen LogP contribution in [0.3, 0.4) is 0 Å². The van der Waals surface area contributed by atoms with E-state index < -0.39 is 0 Å². The standard InChI is InChI=1S/C20H24ClN3/c1-16(2)18-5-3-17(4-6-18)15-22-24-13-11-23(12-14-24)20-9-7-19(21)8-10-20/h3-10,15-16H,11-14H2,1-2H3/b22-15+. The van der Waals surface area contributed by atoms with Crippen molar-refractivity contribution >= 4 is 23.5 Å². The maximum absolute atomic E-state index is 5.95. The van der Waals surface area contributed by atoms with Gasteiger partial charge in [-0.15, -0.1) is 0 Å². The third kappa shape index (κ3) is 4.30. The van der Waals surface area contributed by atoms with E-state index in [1.165, 1.54) is 11.3 Å². The fourth-order valence-corrected chi connectivity index (χ4v) is 2.96. The Balaban J connectivity index is 1.54. The molecule has 4 heteroatoms. The number of benzene rings is 2. The van der Waals surface area contributed by atoms with Gasteiger partial charge in [-0.3, -0.25) is 5.01 Å². The van der Waals surface area contributed by atoms with E-state index in [1.54, 1.807) is 0 Å². The summed E-state index contributed by atoms with van der Waals surface area (Å²) in [5.74, 6) is 0.567. The fourth-order valence-electron chi connectivity index (χ4n) is 2.84. The minimum Gasteiger partial charge on any atom is -0.368 e. The molecule has 3 rings (SSSR count). The summed E-state index contributed by atoms with van der Waals surface area (Å²) < 4.78 is 0. The van der Waals surface area contributed by atoms with Crippen LogP contribution in [0.2, 0.25) is 5.02 Å². The molecule has 0 amide bonds. The van der Waals surface area contributed by atoms with Gasteiger partial charge in [-0.2, -0.15) is 5.10 Å². The highest BCUT2D eigenvalue weighted by Crippen LogP contribution is 2.19. The van der Waals surface area contributed by atoms with Crippen LogP contribution in [-0.4, -0.2) is 37.4 Å². The molecular formula is C20H24ClN3. The lowest BCUT2D eigenvalue weighted by atomic mass is 10.0. The SMILES string of the molecule is CC(C)c1ccc(/C=N/N2CCN(c3ccc(Cl)cc3)CC2)cc1. The predicted molar refractivity (Wildman–Crippen MR) is 103 cm³/mol. The zero-order chi connectivity index (χ0) is 16.9. The summed E-state index contributed by atoms with van der Waals surface area (Å²) in [5.41, 5.74) is 3.75. The topological polar surface area (TPSA) is 18.8 Å². The Hall–Kier alpha value is -2.00. The van der Waals surface area contributed by atoms with Crippen LogP contribution in [0.4, 0.5) is 5.69 Å². The summed E-state index contributed by atoms with van der Waals surface area (Å²) in [6.07, 6.45) is 1.96. The van der Waals surface area contributed by atoms with Gasteiger partial charge in [0.25, 0.3) is 0 Å². The molecule has 0 spiro atoms. The highest BCUT2D eigenvalue weighted by atomic mass is 35.5. The maximum atomic E-state index is 5.95. The van der Waals surface area contributed by atoms with Crippen molar-refractivity contribution in [2.24, 2.45) is 5.10 Å². The van der Waals surface area contributed by atoms with E-state index in [9.17, 15) is 0 Å². The molecular weight excluding hydrogens is 318 g/mol. The van der Waals surface area contributed by atoms with E-state index >= 15 is 0 Å². The lowest BCUT2D eigenvalue weighted by Gasteiger charge is -2.34. The second-order valence-corrected chi connectivity index (χ2v) is 6.92. The number of halogens is 1. The van der Waals surface area contributed by atoms with Gasteiger partial charge in [0, 0.05) is 23.8 Å². The first kappa shape index (κ1) is 16.8. The number of rotatable bonds is 4. The monoisotopic (exact) mass is 341 g/mol. The van der Waals surface area contributed by atoms with Crippen molar-refractivity contribution < 1.29 is 0 Å². The molecule has 1 heterocycles. The molecule has 2 aromatic carbocycles. The molecule has 0 N–H and O–H groups in total. The fraction of sp³-hybridized carbons (Fsp3) is 0.350. The van der Waals surface area contributed by atoms with Crippen molar-refractivity contribution in [3.05, 3.63) is 64.7 Å². The molecule has 126 valence electrons. The Bertz CT molecular complexity index is 669. The normalized spacial score (nSPS) is 15.5. The van der Waals surface area contributed by atoms with E-state index in [4.69, 9.17) is 11.6 Å². The van der Waals surface area contributed by atoms with Crippen LogP contribution in [-0.2, 0) is 0 Å². The molecule has 2 aromatic rings. The van der Waals surface area contributed by atoms with Gasteiger partial charge >= 0.3 is 0 Å². The Labute approximate surface area is 149 Å². The van der Waals surface area contributed by atoms with Crippen molar-refractivity contribution in [3.8, 4) is 0 Å². The highest BCUT2D eigenvalue weighted by molar-refractivity contribution is 6.30. The van der Waals surface area contributed by atoms with Crippen LogP contribution in [0.15, 0.2) is 53.6 Å². The molecule has 1 aliphatic heterocycles. The lowest BCUT2D eigenvalue weighted by molar-refractivity contribution is 0.272. The molecule has 0 atom stereocenters. The molecule has 0 bridgehead atoms. The molecule has 3 nitrogen and oxygen atoms in total. The molecule has 0 saturated carbocycles. The third-order valence-electron chi connectivity index (χ3n) is 4.42. The molecule has 1 saturated heterocycles. The molecule has 1 aliphatic rings. The van der Waals surface area contributed by atoms with Gasteiger partial charge in [-0.25, -0.2) is 0 Å². The quantitative estimate of drug-likeness (QED) is 0.756. The second kappa shape index (κ2) is 7.71. The number of piperazine rings is 1. The van der Waals surface area contributed by atoms with Crippen LogP contribution in [0.5, 0.6) is 0 Å². The van der Waals surface area contributed by atoms with Crippen LogP contribution in [0.25, 0.3) is 0 Å². The molecule has 0 radical (unpaired) electrons. The van der Waals surface area contributed by atoms with E-state index in [0.717, 1.165) is 36.8 Å². The highest BCUT2D eigenvalue weighted by Gasteiger charge is 2.15. The Morgan fingerprint density at radius 3 is 2.12 bits per heavy atom. The van der Waals surface area contributed by atoms with Crippen LogP contribution in [0, 0.1) is 0 Å². The van der Waals surface area contributed by atoms with E-state index in [1.807, 2.05) is 18.3 Å². The lowest BCUT2D eigenvalue weighted by Crippen LogP contribution is -2.44. The Morgan fingerprint density at radius 2 is 1.54 bits per heavy atom. The molecule has 0 aliphatic carbocycles. The second-order valence-electron chi connectivity index (χ2n) is 6.48. The van der Waals surface area contributed by atoms with Gasteiger partial charge in [0.1, 0.15) is 0 Å². The summed E-state index contributed by atoms with van der Waals surface area (Å²) >= 11 is 5.95. The molecule has 24 heavy (non-hydrogen) atoms. The van der Waals surface area contributed by atoms with Crippen molar-refractivity contribution in [3.63, 3.8) is 0 Å². The minimum absolute atomic E-state index is 0.567. The average Bonchev–Trinajstić information content (AvgIpc) is 2.61. The largest absolute Gasteiger partial charge is 0.368 e. The van der Waals surface area contributed by atoms with Gasteiger partial charge in [0.05, 0.1) is 19.3 Å². The van der Waals surface area contributed by atoms with E-state index in [0.29, 0.717) is 5.92 Å². The van der Waals surface area contributed by atoms with Crippen LogP contribution in [0.1, 0.15) is 30.9 Å². The summed E-state index contributed by atoms with van der Waals surface area (Å²) in [5, 5.41) is 7.56. The first-order valence-electron chi connectivity index (χ1n) is 8.51. The molecule has 1 fully saturated rings. The summed E-state index contributed by atoms with van der Waals surface area (Å²) in [6.45, 7) is 8.25. The van der Waals surface area contributed by atoms with Crippen molar-refractivity contribution in [2.75, 3.05) is 31.1 Å².